The number of ether oxygens (including phenoxy) is 3. The van der Waals surface area contributed by atoms with Gasteiger partial charge in [0, 0.05) is 12.0 Å². The molecule has 0 saturated carbocycles. The van der Waals surface area contributed by atoms with Crippen LogP contribution in [-0.2, 0) is 6.42 Å². The summed E-state index contributed by atoms with van der Waals surface area (Å²) in [7, 11) is 5.86. The van der Waals surface area contributed by atoms with Gasteiger partial charge in [0.2, 0.25) is 12.5 Å². The summed E-state index contributed by atoms with van der Waals surface area (Å²) >= 11 is 0. The molecule has 0 saturated heterocycles. The molecule has 0 fully saturated rings. The second-order valence-electron chi connectivity index (χ2n) is 7.62. The maximum atomic E-state index is 13.2. The zero-order valence-corrected chi connectivity index (χ0v) is 15.8. The SMILES string of the molecule is COc1c2c(cc3c1[C@H](CC(=O)c1ccc(F)cc1)[N+](C)(C)CC3)OCO2. The fourth-order valence-corrected chi connectivity index (χ4v) is 4.04. The molecule has 2 aromatic rings. The van der Waals surface area contributed by atoms with Crippen molar-refractivity contribution in [2.75, 3.05) is 34.5 Å². The van der Waals surface area contributed by atoms with Gasteiger partial charge in [0.1, 0.15) is 11.9 Å². The molecule has 0 aliphatic carbocycles. The van der Waals surface area contributed by atoms with E-state index in [-0.39, 0.29) is 24.4 Å². The first-order valence-electron chi connectivity index (χ1n) is 9.01. The second-order valence-corrected chi connectivity index (χ2v) is 7.62. The molecule has 0 radical (unpaired) electrons. The van der Waals surface area contributed by atoms with Gasteiger partial charge in [-0.1, -0.05) is 0 Å². The molecule has 5 nitrogen and oxygen atoms in total. The standard InChI is InChI=1S/C21H23FNO4/c1-23(2)9-8-14-10-18-20(27-12-26-18)21(25-3)19(14)16(23)11-17(24)13-4-6-15(22)7-5-13/h4-7,10,16H,8-9,11-12H2,1-3H3/q+1/t16-/m0/s1. The quantitative estimate of drug-likeness (QED) is 0.609. The number of hydrogen-bond acceptors (Lipinski definition) is 4. The summed E-state index contributed by atoms with van der Waals surface area (Å²) in [5.41, 5.74) is 2.65. The van der Waals surface area contributed by atoms with E-state index in [1.165, 1.54) is 24.3 Å². The molecule has 2 aliphatic heterocycles. The van der Waals surface area contributed by atoms with Crippen molar-refractivity contribution in [3.63, 3.8) is 0 Å². The summed E-state index contributed by atoms with van der Waals surface area (Å²) in [6.07, 6.45) is 1.18. The molecule has 6 heteroatoms. The maximum Gasteiger partial charge on any atom is 0.231 e. The first kappa shape index (κ1) is 17.8. The van der Waals surface area contributed by atoms with Crippen LogP contribution in [0.2, 0.25) is 0 Å². The number of Topliss-reactive ketones (excluding diaryl/α,β-unsaturated/α-hetero) is 1. The van der Waals surface area contributed by atoms with Gasteiger partial charge in [0.15, 0.2) is 17.3 Å². The Morgan fingerprint density at radius 1 is 1.26 bits per heavy atom. The van der Waals surface area contributed by atoms with Crippen LogP contribution in [0.5, 0.6) is 17.2 Å². The van der Waals surface area contributed by atoms with E-state index in [0.29, 0.717) is 33.7 Å². The number of rotatable bonds is 4. The summed E-state index contributed by atoms with van der Waals surface area (Å²) < 4.78 is 30.7. The molecule has 0 N–H and O–H groups in total. The van der Waals surface area contributed by atoms with Gasteiger partial charge in [-0.2, -0.15) is 0 Å². The summed E-state index contributed by atoms with van der Waals surface area (Å²) in [6.45, 7) is 1.07. The minimum absolute atomic E-state index is 0.0150. The van der Waals surface area contributed by atoms with Crippen LogP contribution in [0.15, 0.2) is 30.3 Å². The van der Waals surface area contributed by atoms with Crippen LogP contribution < -0.4 is 14.2 Å². The summed E-state index contributed by atoms with van der Waals surface area (Å²) in [6, 6.07) is 7.64. The molecule has 0 spiro atoms. The molecular weight excluding hydrogens is 349 g/mol. The number of methoxy groups -OCH3 is 1. The van der Waals surface area contributed by atoms with Crippen LogP contribution in [0.3, 0.4) is 0 Å². The van der Waals surface area contributed by atoms with Crippen LogP contribution in [0.25, 0.3) is 0 Å². The zero-order valence-electron chi connectivity index (χ0n) is 15.8. The van der Waals surface area contributed by atoms with Crippen LogP contribution in [0.1, 0.15) is 33.9 Å². The first-order valence-corrected chi connectivity index (χ1v) is 9.01. The van der Waals surface area contributed by atoms with Gasteiger partial charge in [-0.25, -0.2) is 4.39 Å². The number of halogens is 1. The molecule has 142 valence electrons. The number of quaternary nitrogens is 1. The summed E-state index contributed by atoms with van der Waals surface area (Å²) in [4.78, 5) is 12.9. The molecular formula is C21H23FNO4+. The van der Waals surface area contributed by atoms with Crippen LogP contribution in [-0.4, -0.2) is 44.8 Å². The molecule has 27 heavy (non-hydrogen) atoms. The van der Waals surface area contributed by atoms with Crippen LogP contribution in [0.4, 0.5) is 4.39 Å². The van der Waals surface area contributed by atoms with E-state index in [0.717, 1.165) is 24.1 Å². The average molecular weight is 372 g/mol. The molecule has 2 aliphatic rings. The number of nitrogens with zero attached hydrogens (tertiary/aromatic N) is 1. The monoisotopic (exact) mass is 372 g/mol. The third-order valence-corrected chi connectivity index (χ3v) is 5.63. The minimum atomic E-state index is -0.347. The minimum Gasteiger partial charge on any atom is -0.492 e. The highest BCUT2D eigenvalue weighted by atomic mass is 19.1. The van der Waals surface area contributed by atoms with E-state index >= 15 is 0 Å². The van der Waals surface area contributed by atoms with E-state index in [4.69, 9.17) is 14.2 Å². The lowest BCUT2D eigenvalue weighted by Crippen LogP contribution is -2.48. The Morgan fingerprint density at radius 2 is 2.00 bits per heavy atom. The topological polar surface area (TPSA) is 44.8 Å². The highest BCUT2D eigenvalue weighted by Crippen LogP contribution is 2.51. The van der Waals surface area contributed by atoms with Gasteiger partial charge < -0.3 is 18.7 Å². The van der Waals surface area contributed by atoms with Crippen molar-refractivity contribution < 1.29 is 27.9 Å². The van der Waals surface area contributed by atoms with Crippen molar-refractivity contribution in [1.29, 1.82) is 0 Å². The van der Waals surface area contributed by atoms with Crippen LogP contribution >= 0.6 is 0 Å². The Balaban J connectivity index is 1.76. The predicted molar refractivity (Wildman–Crippen MR) is 97.9 cm³/mol. The Kier molecular flexibility index (Phi) is 4.30. The Labute approximate surface area is 157 Å². The fourth-order valence-electron chi connectivity index (χ4n) is 4.04. The normalized spacial score (nSPS) is 19.5. The lowest BCUT2D eigenvalue weighted by Gasteiger charge is -2.43. The Bertz CT molecular complexity index is 892. The average Bonchev–Trinajstić information content (AvgIpc) is 3.11. The number of hydrogen-bond donors (Lipinski definition) is 0. The van der Waals surface area contributed by atoms with Crippen molar-refractivity contribution in [3.05, 3.63) is 52.8 Å². The summed E-state index contributed by atoms with van der Waals surface area (Å²) in [5, 5.41) is 0. The molecule has 1 atom stereocenters. The Hall–Kier alpha value is -2.60. The fraction of sp³-hybridized carbons (Fsp3) is 0.381. The number of fused-ring (bicyclic) bond motifs is 2. The van der Waals surface area contributed by atoms with Crippen molar-refractivity contribution in [2.45, 2.75) is 18.9 Å². The number of benzene rings is 2. The van der Waals surface area contributed by atoms with Crippen molar-refractivity contribution >= 4 is 5.78 Å². The highest BCUT2D eigenvalue weighted by Gasteiger charge is 2.42. The van der Waals surface area contributed by atoms with Crippen LogP contribution in [0, 0.1) is 5.82 Å². The van der Waals surface area contributed by atoms with Gasteiger partial charge >= 0.3 is 0 Å². The van der Waals surface area contributed by atoms with E-state index < -0.39 is 0 Å². The largest absolute Gasteiger partial charge is 0.492 e. The highest BCUT2D eigenvalue weighted by molar-refractivity contribution is 5.96. The molecule has 0 unspecified atom stereocenters. The third-order valence-electron chi connectivity index (χ3n) is 5.63. The van der Waals surface area contributed by atoms with Gasteiger partial charge in [0.05, 0.1) is 39.7 Å². The van der Waals surface area contributed by atoms with Gasteiger partial charge in [-0.05, 0) is 35.9 Å². The lowest BCUT2D eigenvalue weighted by atomic mass is 9.86. The lowest BCUT2D eigenvalue weighted by molar-refractivity contribution is -0.922. The number of carbonyl (C=O) groups excluding carboxylic acids is 1. The van der Waals surface area contributed by atoms with Crippen molar-refractivity contribution in [1.82, 2.24) is 0 Å². The van der Waals surface area contributed by atoms with Crippen molar-refractivity contribution in [3.8, 4) is 17.2 Å². The number of ketones is 1. The molecule has 2 aromatic carbocycles. The summed E-state index contributed by atoms with van der Waals surface area (Å²) in [5.74, 6) is 1.60. The molecule has 4 rings (SSSR count). The molecule has 0 bridgehead atoms. The number of carbonyl (C=O) groups is 1. The van der Waals surface area contributed by atoms with E-state index in [9.17, 15) is 9.18 Å². The van der Waals surface area contributed by atoms with E-state index in [1.807, 2.05) is 6.07 Å². The smallest absolute Gasteiger partial charge is 0.231 e. The van der Waals surface area contributed by atoms with E-state index in [1.54, 1.807) is 7.11 Å². The van der Waals surface area contributed by atoms with Gasteiger partial charge in [-0.3, -0.25) is 4.79 Å². The number of likely N-dealkylation sites (N-methyl/N-ethyl adjacent to an activating group) is 1. The van der Waals surface area contributed by atoms with E-state index in [2.05, 4.69) is 14.1 Å². The zero-order chi connectivity index (χ0) is 19.2. The Morgan fingerprint density at radius 3 is 2.70 bits per heavy atom. The van der Waals surface area contributed by atoms with Gasteiger partial charge in [0.25, 0.3) is 0 Å². The third kappa shape index (κ3) is 3.04. The first-order chi connectivity index (χ1) is 12.9. The maximum absolute atomic E-state index is 13.2. The molecule has 0 amide bonds. The second kappa shape index (κ2) is 6.53. The molecule has 0 aromatic heterocycles. The predicted octanol–water partition coefficient (Wildman–Crippen LogP) is 3.51. The molecule has 2 heterocycles. The van der Waals surface area contributed by atoms with Gasteiger partial charge in [-0.15, -0.1) is 0 Å². The van der Waals surface area contributed by atoms with Crippen molar-refractivity contribution in [2.24, 2.45) is 0 Å².